The molecule has 3 aromatic carbocycles. The predicted octanol–water partition coefficient (Wildman–Crippen LogP) is 4.91. The van der Waals surface area contributed by atoms with Crippen LogP contribution in [0.3, 0.4) is 0 Å². The lowest BCUT2D eigenvalue weighted by Crippen LogP contribution is -2.43. The summed E-state index contributed by atoms with van der Waals surface area (Å²) in [5.74, 6) is -7.91. The van der Waals surface area contributed by atoms with Gasteiger partial charge >= 0.3 is 0 Å². The molecule has 46 heavy (non-hydrogen) atoms. The molecule has 4 amide bonds. The molecule has 7 rings (SSSR count). The van der Waals surface area contributed by atoms with Crippen LogP contribution in [0.5, 0.6) is 5.75 Å². The molecule has 2 aliphatic heterocycles. The van der Waals surface area contributed by atoms with Gasteiger partial charge in [-0.25, -0.2) is 9.80 Å². The highest BCUT2D eigenvalue weighted by Crippen LogP contribution is 2.59. The first kappa shape index (κ1) is 29.3. The second-order valence-electron chi connectivity index (χ2n) is 11.8. The third kappa shape index (κ3) is 4.30. The van der Waals surface area contributed by atoms with E-state index in [-0.39, 0.29) is 51.9 Å². The number of aromatic hydroxyl groups is 1. The molecule has 13 nitrogen and oxygen atoms in total. The molecular weight excluding hydrogens is 620 g/mol. The number of rotatable bonds is 5. The van der Waals surface area contributed by atoms with Crippen molar-refractivity contribution in [3.05, 3.63) is 109 Å². The molecule has 2 aliphatic carbocycles. The number of nitrogens with zero attached hydrogens (tertiary/aromatic N) is 4. The van der Waals surface area contributed by atoms with Crippen LogP contribution in [0, 0.1) is 49.8 Å². The van der Waals surface area contributed by atoms with Gasteiger partial charge in [0.1, 0.15) is 5.75 Å². The summed E-state index contributed by atoms with van der Waals surface area (Å²) in [4.78, 5) is 79.5. The molecule has 3 aromatic rings. The number of nitro groups is 2. The molecule has 3 fully saturated rings. The topological polar surface area (TPSA) is 181 Å². The number of imide groups is 2. The summed E-state index contributed by atoms with van der Waals surface area (Å²) in [6, 6.07) is 14.7. The standard InChI is InChI=1S/C32H23ClN4O9/c33-15-7-10-25(38)23(11-15)26-20-8-9-21-27(31(41)34(29(21)39)16-3-1-5-18(12-16)36(43)44)22(20)14-24-28(26)32(42)35(30(24)40)17-4-2-6-19(13-17)37(45)46/h1-8,10-13,21-22,24,26-28,38H,9,14H2/t21-,22+,24+,26+,27-,28+/m0/s1. The number of non-ortho nitro benzene ring substituents is 2. The van der Waals surface area contributed by atoms with E-state index in [1.807, 2.05) is 0 Å². The van der Waals surface area contributed by atoms with E-state index in [1.54, 1.807) is 6.08 Å². The minimum atomic E-state index is -1.03. The highest BCUT2D eigenvalue weighted by molar-refractivity contribution is 6.30. The van der Waals surface area contributed by atoms with E-state index in [1.165, 1.54) is 54.6 Å². The quantitative estimate of drug-likeness (QED) is 0.175. The number of allylic oxidation sites excluding steroid dienone is 2. The number of phenols is 1. The largest absolute Gasteiger partial charge is 0.508 e. The minimum Gasteiger partial charge on any atom is -0.508 e. The van der Waals surface area contributed by atoms with Crippen LogP contribution >= 0.6 is 11.6 Å². The molecule has 0 spiro atoms. The smallest absolute Gasteiger partial charge is 0.271 e. The summed E-state index contributed by atoms with van der Waals surface area (Å²) in [6.07, 6.45) is 1.93. The molecule has 4 aliphatic rings. The summed E-state index contributed by atoms with van der Waals surface area (Å²) in [6.45, 7) is 0. The number of amides is 4. The molecule has 6 atom stereocenters. The second kappa shape index (κ2) is 10.6. The van der Waals surface area contributed by atoms with Crippen LogP contribution in [0.1, 0.15) is 24.3 Å². The van der Waals surface area contributed by atoms with Gasteiger partial charge in [0.2, 0.25) is 23.6 Å². The van der Waals surface area contributed by atoms with E-state index >= 15 is 0 Å². The van der Waals surface area contributed by atoms with Crippen LogP contribution in [0.25, 0.3) is 0 Å². The summed E-state index contributed by atoms with van der Waals surface area (Å²) in [7, 11) is 0. The molecular formula is C32H23ClN4O9. The first-order chi connectivity index (χ1) is 22.0. The van der Waals surface area contributed by atoms with Crippen molar-refractivity contribution in [2.45, 2.75) is 18.8 Å². The van der Waals surface area contributed by atoms with Gasteiger partial charge in [-0.1, -0.05) is 35.4 Å². The maximum absolute atomic E-state index is 14.2. The zero-order chi connectivity index (χ0) is 32.6. The first-order valence-corrected chi connectivity index (χ1v) is 14.8. The molecule has 232 valence electrons. The molecule has 14 heteroatoms. The molecule has 2 saturated heterocycles. The van der Waals surface area contributed by atoms with Gasteiger partial charge in [0.05, 0.1) is 44.9 Å². The third-order valence-electron chi connectivity index (χ3n) is 9.57. The zero-order valence-electron chi connectivity index (χ0n) is 23.7. The van der Waals surface area contributed by atoms with Gasteiger partial charge in [0.15, 0.2) is 0 Å². The molecule has 0 aromatic heterocycles. The van der Waals surface area contributed by atoms with Crippen molar-refractivity contribution in [3.8, 4) is 5.75 Å². The fraction of sp³-hybridized carbons (Fsp3) is 0.250. The first-order valence-electron chi connectivity index (χ1n) is 14.4. The van der Waals surface area contributed by atoms with Gasteiger partial charge in [-0.15, -0.1) is 0 Å². The number of phenolic OH excluding ortho intramolecular Hbond substituents is 1. The number of carbonyl (C=O) groups excluding carboxylic acids is 4. The van der Waals surface area contributed by atoms with Crippen molar-refractivity contribution < 1.29 is 34.1 Å². The van der Waals surface area contributed by atoms with Crippen LogP contribution in [0.15, 0.2) is 78.4 Å². The monoisotopic (exact) mass is 642 g/mol. The van der Waals surface area contributed by atoms with Crippen LogP contribution < -0.4 is 9.80 Å². The number of fused-ring (bicyclic) bond motifs is 4. The Labute approximate surface area is 265 Å². The zero-order valence-corrected chi connectivity index (χ0v) is 24.4. The molecule has 0 bridgehead atoms. The fourth-order valence-electron chi connectivity index (χ4n) is 7.71. The summed E-state index contributed by atoms with van der Waals surface area (Å²) in [5.41, 5.74) is 0.344. The van der Waals surface area contributed by atoms with E-state index in [0.717, 1.165) is 21.9 Å². The molecule has 0 radical (unpaired) electrons. The normalized spacial score (nSPS) is 26.8. The van der Waals surface area contributed by atoms with Gasteiger partial charge in [0.25, 0.3) is 11.4 Å². The van der Waals surface area contributed by atoms with Crippen molar-refractivity contribution >= 4 is 58.0 Å². The number of nitro benzene ring substituents is 2. The minimum absolute atomic E-state index is 0.0199. The Morgan fingerprint density at radius 2 is 1.28 bits per heavy atom. The maximum atomic E-state index is 14.2. The number of benzene rings is 3. The fourth-order valence-corrected chi connectivity index (χ4v) is 7.89. The van der Waals surface area contributed by atoms with E-state index in [2.05, 4.69) is 0 Å². The average molecular weight is 643 g/mol. The Morgan fingerprint density at radius 3 is 1.87 bits per heavy atom. The number of anilines is 2. The highest BCUT2D eigenvalue weighted by atomic mass is 35.5. The predicted molar refractivity (Wildman–Crippen MR) is 162 cm³/mol. The second-order valence-corrected chi connectivity index (χ2v) is 12.2. The van der Waals surface area contributed by atoms with Crippen molar-refractivity contribution in [3.63, 3.8) is 0 Å². The van der Waals surface area contributed by atoms with E-state index in [9.17, 15) is 44.5 Å². The van der Waals surface area contributed by atoms with Crippen molar-refractivity contribution in [1.29, 1.82) is 0 Å². The lowest BCUT2D eigenvalue weighted by molar-refractivity contribution is -0.385. The lowest BCUT2D eigenvalue weighted by atomic mass is 9.57. The molecule has 2 heterocycles. The van der Waals surface area contributed by atoms with Crippen molar-refractivity contribution in [2.75, 3.05) is 9.80 Å². The lowest BCUT2D eigenvalue weighted by Gasteiger charge is -2.44. The Morgan fingerprint density at radius 1 is 0.717 bits per heavy atom. The Balaban J connectivity index is 1.34. The van der Waals surface area contributed by atoms with Crippen molar-refractivity contribution in [2.24, 2.45) is 29.6 Å². The van der Waals surface area contributed by atoms with Crippen LogP contribution in [0.2, 0.25) is 5.02 Å². The van der Waals surface area contributed by atoms with E-state index in [0.29, 0.717) is 5.57 Å². The Kier molecular flexibility index (Phi) is 6.74. The van der Waals surface area contributed by atoms with Gasteiger partial charge in [-0.05, 0) is 49.1 Å². The van der Waals surface area contributed by atoms with Crippen LogP contribution in [-0.2, 0) is 19.2 Å². The molecule has 1 saturated carbocycles. The third-order valence-corrected chi connectivity index (χ3v) is 9.81. The van der Waals surface area contributed by atoms with Gasteiger partial charge < -0.3 is 5.11 Å². The Bertz CT molecular complexity index is 1940. The maximum Gasteiger partial charge on any atom is 0.271 e. The van der Waals surface area contributed by atoms with Gasteiger partial charge in [0, 0.05) is 40.8 Å². The average Bonchev–Trinajstić information content (AvgIpc) is 3.44. The summed E-state index contributed by atoms with van der Waals surface area (Å²) >= 11 is 6.33. The van der Waals surface area contributed by atoms with Gasteiger partial charge in [-0.2, -0.15) is 0 Å². The summed E-state index contributed by atoms with van der Waals surface area (Å²) < 4.78 is 0. The SMILES string of the molecule is O=C1[C@H]2[C@H](CC=C3[C@H]2C[C@H]2C(=O)N(c4cccc([N+](=O)[O-])c4)C(=O)[C@H]2[C@H]3c2cc(Cl)ccc2O)C(=O)N1c1cccc([N+](=O)[O-])c1. The number of hydrogen-bond acceptors (Lipinski definition) is 9. The highest BCUT2D eigenvalue weighted by Gasteiger charge is 2.62. The van der Waals surface area contributed by atoms with Gasteiger partial charge in [-0.3, -0.25) is 39.4 Å². The van der Waals surface area contributed by atoms with Crippen molar-refractivity contribution in [1.82, 2.24) is 0 Å². The van der Waals surface area contributed by atoms with E-state index in [4.69, 9.17) is 11.6 Å². The van der Waals surface area contributed by atoms with Crippen LogP contribution in [0.4, 0.5) is 22.7 Å². The number of carbonyl (C=O) groups is 4. The van der Waals surface area contributed by atoms with E-state index < -0.39 is 69.0 Å². The molecule has 0 unspecified atom stereocenters. The number of halogens is 1. The van der Waals surface area contributed by atoms with Crippen LogP contribution in [-0.4, -0.2) is 38.6 Å². The Hall–Kier alpha value is -5.43. The molecule has 1 N–H and O–H groups in total. The summed E-state index contributed by atoms with van der Waals surface area (Å²) in [5, 5.41) is 34.2. The number of hydrogen-bond donors (Lipinski definition) is 1.